The lowest BCUT2D eigenvalue weighted by Crippen LogP contribution is -2.07. The molecule has 0 amide bonds. The Labute approximate surface area is 129 Å². The summed E-state index contributed by atoms with van der Waals surface area (Å²) in [4.78, 5) is 0. The SMILES string of the molecule is CCCCCc1[c]ccc(OCC2CO2)c1CCCCC. The van der Waals surface area contributed by atoms with Crippen LogP contribution in [0.3, 0.4) is 0 Å². The molecule has 0 saturated carbocycles. The van der Waals surface area contributed by atoms with E-state index in [2.05, 4.69) is 26.0 Å². The molecule has 0 aliphatic carbocycles. The lowest BCUT2D eigenvalue weighted by molar-refractivity contribution is 0.260. The molecule has 1 aliphatic rings. The van der Waals surface area contributed by atoms with Crippen LogP contribution in [0.2, 0.25) is 0 Å². The Morgan fingerprint density at radius 1 is 1.14 bits per heavy atom. The summed E-state index contributed by atoms with van der Waals surface area (Å²) in [5.41, 5.74) is 2.76. The molecular formula is C19H29O2. The summed E-state index contributed by atoms with van der Waals surface area (Å²) in [7, 11) is 0. The summed E-state index contributed by atoms with van der Waals surface area (Å²) in [5, 5.41) is 0. The van der Waals surface area contributed by atoms with Crippen molar-refractivity contribution in [2.75, 3.05) is 13.2 Å². The molecule has 117 valence electrons. The number of ether oxygens (including phenoxy) is 2. The minimum absolute atomic E-state index is 0.321. The van der Waals surface area contributed by atoms with Crippen molar-refractivity contribution in [1.29, 1.82) is 0 Å². The minimum Gasteiger partial charge on any atom is -0.490 e. The van der Waals surface area contributed by atoms with Crippen LogP contribution in [0.4, 0.5) is 0 Å². The summed E-state index contributed by atoms with van der Waals surface area (Å²) in [5.74, 6) is 1.06. The van der Waals surface area contributed by atoms with Crippen molar-refractivity contribution in [3.63, 3.8) is 0 Å². The third kappa shape index (κ3) is 5.70. The molecule has 0 spiro atoms. The second kappa shape index (κ2) is 9.09. The van der Waals surface area contributed by atoms with Gasteiger partial charge in [-0.2, -0.15) is 0 Å². The van der Waals surface area contributed by atoms with Crippen LogP contribution in [-0.2, 0) is 17.6 Å². The van der Waals surface area contributed by atoms with E-state index in [9.17, 15) is 0 Å². The van der Waals surface area contributed by atoms with Crippen LogP contribution in [0.5, 0.6) is 5.75 Å². The van der Waals surface area contributed by atoms with Gasteiger partial charge in [0, 0.05) is 0 Å². The van der Waals surface area contributed by atoms with Crippen molar-refractivity contribution in [2.45, 2.75) is 71.3 Å². The van der Waals surface area contributed by atoms with E-state index in [-0.39, 0.29) is 0 Å². The number of hydrogen-bond donors (Lipinski definition) is 0. The number of unbranched alkanes of at least 4 members (excludes halogenated alkanes) is 4. The van der Waals surface area contributed by atoms with Gasteiger partial charge < -0.3 is 9.47 Å². The average molecular weight is 289 g/mol. The second-order valence-corrected chi connectivity index (χ2v) is 5.98. The standard InChI is InChI=1S/C19H29O2/c1-3-5-7-10-16-11-9-13-19(21-15-17-14-20-17)18(16)12-8-6-4-2/h9,13,17H,3-8,10,12,14-15H2,1-2H3. The fourth-order valence-electron chi connectivity index (χ4n) is 2.64. The second-order valence-electron chi connectivity index (χ2n) is 5.98. The zero-order chi connectivity index (χ0) is 14.9. The van der Waals surface area contributed by atoms with E-state index in [1.807, 2.05) is 6.07 Å². The molecule has 1 atom stereocenters. The van der Waals surface area contributed by atoms with Crippen LogP contribution in [-0.4, -0.2) is 19.3 Å². The van der Waals surface area contributed by atoms with Crippen LogP contribution in [0.25, 0.3) is 0 Å². The Morgan fingerprint density at radius 2 is 1.86 bits per heavy atom. The Hall–Kier alpha value is -1.02. The molecule has 2 heteroatoms. The van der Waals surface area contributed by atoms with Gasteiger partial charge in [0.05, 0.1) is 6.61 Å². The van der Waals surface area contributed by atoms with Crippen LogP contribution in [0.1, 0.15) is 63.5 Å². The van der Waals surface area contributed by atoms with E-state index in [0.29, 0.717) is 12.7 Å². The molecule has 1 fully saturated rings. The van der Waals surface area contributed by atoms with Crippen molar-refractivity contribution in [3.8, 4) is 5.75 Å². The van der Waals surface area contributed by atoms with Gasteiger partial charge >= 0.3 is 0 Å². The highest BCUT2D eigenvalue weighted by Crippen LogP contribution is 2.27. The van der Waals surface area contributed by atoms with Gasteiger partial charge in [-0.1, -0.05) is 45.6 Å². The molecule has 0 bridgehead atoms. The van der Waals surface area contributed by atoms with Gasteiger partial charge in [-0.15, -0.1) is 0 Å². The Kier molecular flexibility index (Phi) is 7.08. The molecule has 1 aromatic rings. The van der Waals surface area contributed by atoms with Crippen LogP contribution < -0.4 is 4.74 Å². The number of epoxide rings is 1. The van der Waals surface area contributed by atoms with Crippen LogP contribution in [0.15, 0.2) is 12.1 Å². The van der Waals surface area contributed by atoms with Gasteiger partial charge in [0.1, 0.15) is 18.5 Å². The van der Waals surface area contributed by atoms with E-state index >= 15 is 0 Å². The molecule has 0 aromatic heterocycles. The maximum absolute atomic E-state index is 5.99. The molecule has 1 aromatic carbocycles. The Morgan fingerprint density at radius 3 is 2.52 bits per heavy atom. The third-order valence-electron chi connectivity index (χ3n) is 4.04. The molecule has 0 N–H and O–H groups in total. The first kappa shape index (κ1) is 16.4. The number of benzene rings is 1. The lowest BCUT2D eigenvalue weighted by atomic mass is 9.96. The zero-order valence-corrected chi connectivity index (χ0v) is 13.6. The van der Waals surface area contributed by atoms with E-state index in [1.165, 1.54) is 49.7 Å². The first-order valence-corrected chi connectivity index (χ1v) is 8.62. The lowest BCUT2D eigenvalue weighted by Gasteiger charge is -2.15. The molecule has 2 nitrogen and oxygen atoms in total. The molecule has 2 rings (SSSR count). The normalized spacial score (nSPS) is 17.0. The maximum atomic E-state index is 5.99. The van der Waals surface area contributed by atoms with Gasteiger partial charge in [0.25, 0.3) is 0 Å². The predicted octanol–water partition coefficient (Wildman–Crippen LogP) is 4.73. The predicted molar refractivity (Wildman–Crippen MR) is 87.0 cm³/mol. The fraction of sp³-hybridized carbons (Fsp3) is 0.684. The van der Waals surface area contributed by atoms with Crippen molar-refractivity contribution < 1.29 is 9.47 Å². The third-order valence-corrected chi connectivity index (χ3v) is 4.04. The molecule has 1 radical (unpaired) electrons. The van der Waals surface area contributed by atoms with Crippen LogP contribution >= 0.6 is 0 Å². The number of rotatable bonds is 11. The highest BCUT2D eigenvalue weighted by molar-refractivity contribution is 5.40. The summed E-state index contributed by atoms with van der Waals surface area (Å²) < 4.78 is 11.2. The first-order valence-electron chi connectivity index (χ1n) is 8.62. The Balaban J connectivity index is 2.02. The fourth-order valence-corrected chi connectivity index (χ4v) is 2.64. The monoisotopic (exact) mass is 289 g/mol. The largest absolute Gasteiger partial charge is 0.490 e. The minimum atomic E-state index is 0.321. The molecular weight excluding hydrogens is 260 g/mol. The maximum Gasteiger partial charge on any atom is 0.122 e. The summed E-state index contributed by atoms with van der Waals surface area (Å²) in [6, 6.07) is 7.55. The van der Waals surface area contributed by atoms with E-state index in [1.54, 1.807) is 0 Å². The van der Waals surface area contributed by atoms with Gasteiger partial charge in [0.15, 0.2) is 0 Å². The van der Waals surface area contributed by atoms with Crippen molar-refractivity contribution in [1.82, 2.24) is 0 Å². The number of aryl methyl sites for hydroxylation is 1. The Bertz CT molecular complexity index is 410. The topological polar surface area (TPSA) is 21.8 Å². The quantitative estimate of drug-likeness (QED) is 0.434. The summed E-state index contributed by atoms with van der Waals surface area (Å²) in [6.45, 7) is 6.05. The molecule has 1 aliphatic heterocycles. The zero-order valence-electron chi connectivity index (χ0n) is 13.6. The summed E-state index contributed by atoms with van der Waals surface area (Å²) in [6.07, 6.45) is 10.2. The summed E-state index contributed by atoms with van der Waals surface area (Å²) >= 11 is 0. The van der Waals surface area contributed by atoms with Crippen molar-refractivity contribution in [2.24, 2.45) is 0 Å². The van der Waals surface area contributed by atoms with Gasteiger partial charge in [-0.05, 0) is 48.9 Å². The van der Waals surface area contributed by atoms with E-state index < -0.39 is 0 Å². The smallest absolute Gasteiger partial charge is 0.122 e. The molecule has 1 unspecified atom stereocenters. The van der Waals surface area contributed by atoms with E-state index in [4.69, 9.17) is 9.47 Å². The highest BCUT2D eigenvalue weighted by atomic mass is 16.6. The first-order chi connectivity index (χ1) is 10.3. The number of hydrogen-bond acceptors (Lipinski definition) is 2. The van der Waals surface area contributed by atoms with Crippen LogP contribution in [0, 0.1) is 6.07 Å². The van der Waals surface area contributed by atoms with Crippen molar-refractivity contribution in [3.05, 3.63) is 29.3 Å². The van der Waals surface area contributed by atoms with Gasteiger partial charge in [-0.3, -0.25) is 0 Å². The highest BCUT2D eigenvalue weighted by Gasteiger charge is 2.23. The average Bonchev–Trinajstić information content (AvgIpc) is 3.31. The van der Waals surface area contributed by atoms with Gasteiger partial charge in [-0.25, -0.2) is 0 Å². The molecule has 1 heterocycles. The molecule has 1 saturated heterocycles. The van der Waals surface area contributed by atoms with Gasteiger partial charge in [0.2, 0.25) is 0 Å². The van der Waals surface area contributed by atoms with Crippen molar-refractivity contribution >= 4 is 0 Å². The molecule has 21 heavy (non-hydrogen) atoms. The van der Waals surface area contributed by atoms with E-state index in [0.717, 1.165) is 25.2 Å².